The Labute approximate surface area is 184 Å². The van der Waals surface area contributed by atoms with E-state index in [-0.39, 0.29) is 29.4 Å². The van der Waals surface area contributed by atoms with Crippen molar-refractivity contribution >= 4 is 29.7 Å². The van der Waals surface area contributed by atoms with Crippen LogP contribution in [-0.4, -0.2) is 50.9 Å². The summed E-state index contributed by atoms with van der Waals surface area (Å²) in [7, 11) is -0.418. The maximum absolute atomic E-state index is 12.9. The predicted octanol–water partition coefficient (Wildman–Crippen LogP) is 3.93. The molecule has 2 aliphatic heterocycles. The molecule has 1 aromatic carbocycles. The molecule has 3 atom stereocenters. The number of rotatable bonds is 2. The average Bonchev–Trinajstić information content (AvgIpc) is 3.02. The predicted molar refractivity (Wildman–Crippen MR) is 119 cm³/mol. The standard InChI is InChI=1S/C23H32BN3O4/c1-21(2,3)29-20(28)27-17-10-13(17)11-18(27)19-25-15-9-8-14(12-16(15)26-19)24-30-22(4,5)23(6,7)31-24/h8-9,12-13,17-18H,10-11H2,1-7H3,(H,25,26)/t13-,17-,18-/m1/s1. The van der Waals surface area contributed by atoms with Crippen molar-refractivity contribution in [3.05, 3.63) is 24.0 Å². The van der Waals surface area contributed by atoms with Gasteiger partial charge < -0.3 is 19.0 Å². The van der Waals surface area contributed by atoms with E-state index in [2.05, 4.69) is 32.7 Å². The van der Waals surface area contributed by atoms with Gasteiger partial charge in [0.2, 0.25) is 0 Å². The highest BCUT2D eigenvalue weighted by Crippen LogP contribution is 2.53. The van der Waals surface area contributed by atoms with Gasteiger partial charge in [-0.25, -0.2) is 9.78 Å². The zero-order chi connectivity index (χ0) is 22.3. The SMILES string of the molecule is CC(C)(C)OC(=O)N1[C@@H](c2nc3ccc(B4OC(C)(C)C(C)(C)O4)cc3[nH]2)C[C@H]2C[C@H]21. The Kier molecular flexibility index (Phi) is 4.35. The van der Waals surface area contributed by atoms with Gasteiger partial charge in [0.05, 0.1) is 28.3 Å². The molecule has 7 nitrogen and oxygen atoms in total. The van der Waals surface area contributed by atoms with Crippen LogP contribution in [0.25, 0.3) is 11.0 Å². The number of ether oxygens (including phenoxy) is 1. The quantitative estimate of drug-likeness (QED) is 0.738. The van der Waals surface area contributed by atoms with Crippen molar-refractivity contribution in [3.63, 3.8) is 0 Å². The van der Waals surface area contributed by atoms with E-state index in [1.165, 1.54) is 0 Å². The number of aromatic amines is 1. The lowest BCUT2D eigenvalue weighted by Gasteiger charge is -2.32. The molecule has 8 heteroatoms. The van der Waals surface area contributed by atoms with E-state index in [1.807, 2.05) is 43.9 Å². The molecule has 3 heterocycles. The molecule has 5 rings (SSSR count). The number of aromatic nitrogens is 2. The van der Waals surface area contributed by atoms with Gasteiger partial charge in [0.1, 0.15) is 11.4 Å². The first kappa shape index (κ1) is 20.8. The summed E-state index contributed by atoms with van der Waals surface area (Å²) in [5.41, 5.74) is 1.47. The van der Waals surface area contributed by atoms with Crippen LogP contribution in [-0.2, 0) is 14.0 Å². The van der Waals surface area contributed by atoms with Crippen LogP contribution in [0.3, 0.4) is 0 Å². The van der Waals surface area contributed by atoms with E-state index >= 15 is 0 Å². The molecule has 0 radical (unpaired) electrons. The van der Waals surface area contributed by atoms with Gasteiger partial charge in [-0.05, 0) is 84.8 Å². The Morgan fingerprint density at radius 1 is 1.19 bits per heavy atom. The van der Waals surface area contributed by atoms with E-state index in [9.17, 15) is 4.79 Å². The first-order chi connectivity index (χ1) is 14.3. The second kappa shape index (κ2) is 6.48. The van der Waals surface area contributed by atoms with Gasteiger partial charge in [0, 0.05) is 6.04 Å². The van der Waals surface area contributed by atoms with Gasteiger partial charge >= 0.3 is 13.2 Å². The van der Waals surface area contributed by atoms with Crippen LogP contribution in [0.4, 0.5) is 4.79 Å². The fourth-order valence-electron chi connectivity index (χ4n) is 4.61. The van der Waals surface area contributed by atoms with Gasteiger partial charge in [0.25, 0.3) is 0 Å². The molecule has 3 aliphatic rings. The molecule has 2 aromatic rings. The monoisotopic (exact) mass is 425 g/mol. The molecule has 0 spiro atoms. The zero-order valence-electron chi connectivity index (χ0n) is 19.5. The van der Waals surface area contributed by atoms with Crippen LogP contribution in [0.15, 0.2) is 18.2 Å². The third-order valence-corrected chi connectivity index (χ3v) is 7.07. The van der Waals surface area contributed by atoms with Gasteiger partial charge in [-0.15, -0.1) is 0 Å². The number of amides is 1. The fraction of sp³-hybridized carbons (Fsp3) is 0.652. The maximum Gasteiger partial charge on any atom is 0.494 e. The van der Waals surface area contributed by atoms with Crippen molar-refractivity contribution in [2.24, 2.45) is 5.92 Å². The summed E-state index contributed by atoms with van der Waals surface area (Å²) >= 11 is 0. The van der Waals surface area contributed by atoms with E-state index in [0.29, 0.717) is 5.92 Å². The summed E-state index contributed by atoms with van der Waals surface area (Å²) in [6.07, 6.45) is 1.73. The van der Waals surface area contributed by atoms with E-state index < -0.39 is 12.7 Å². The number of carbonyl (C=O) groups is 1. The van der Waals surface area contributed by atoms with Crippen LogP contribution in [0, 0.1) is 5.92 Å². The third-order valence-electron chi connectivity index (χ3n) is 7.07. The molecule has 0 bridgehead atoms. The normalized spacial score (nSPS) is 28.8. The van der Waals surface area contributed by atoms with Crippen LogP contribution >= 0.6 is 0 Å². The summed E-state index contributed by atoms with van der Waals surface area (Å²) in [5.74, 6) is 1.37. The van der Waals surface area contributed by atoms with E-state index in [0.717, 1.165) is 35.2 Å². The van der Waals surface area contributed by atoms with E-state index in [1.54, 1.807) is 0 Å². The second-order valence-corrected chi connectivity index (χ2v) is 11.2. The minimum atomic E-state index is -0.514. The summed E-state index contributed by atoms with van der Waals surface area (Å²) in [6, 6.07) is 6.23. The van der Waals surface area contributed by atoms with Crippen molar-refractivity contribution in [2.75, 3.05) is 0 Å². The largest absolute Gasteiger partial charge is 0.494 e. The lowest BCUT2D eigenvalue weighted by Crippen LogP contribution is -2.41. The molecule has 166 valence electrons. The van der Waals surface area contributed by atoms with E-state index in [4.69, 9.17) is 19.0 Å². The van der Waals surface area contributed by atoms with Crippen molar-refractivity contribution in [3.8, 4) is 0 Å². The number of carbonyl (C=O) groups excluding carboxylic acids is 1. The molecule has 1 N–H and O–H groups in total. The molecular weight excluding hydrogens is 393 g/mol. The number of piperidine rings is 1. The number of likely N-dealkylation sites (tertiary alicyclic amines) is 1. The molecule has 0 unspecified atom stereocenters. The Bertz CT molecular complexity index is 1030. The first-order valence-corrected chi connectivity index (χ1v) is 11.2. The Balaban J connectivity index is 1.41. The molecule has 1 aromatic heterocycles. The molecule has 3 fully saturated rings. The summed E-state index contributed by atoms with van der Waals surface area (Å²) in [5, 5.41) is 0. The second-order valence-electron chi connectivity index (χ2n) is 11.2. The molecule has 1 saturated carbocycles. The number of fused-ring (bicyclic) bond motifs is 2. The van der Waals surface area contributed by atoms with Crippen LogP contribution in [0.2, 0.25) is 0 Å². The van der Waals surface area contributed by atoms with Crippen molar-refractivity contribution in [1.29, 1.82) is 0 Å². The van der Waals surface area contributed by atoms with Crippen molar-refractivity contribution in [1.82, 2.24) is 14.9 Å². The number of nitrogens with one attached hydrogen (secondary N) is 1. The van der Waals surface area contributed by atoms with Crippen LogP contribution in [0.5, 0.6) is 0 Å². The van der Waals surface area contributed by atoms with Crippen molar-refractivity contribution in [2.45, 2.75) is 90.2 Å². The zero-order valence-corrected chi connectivity index (χ0v) is 19.5. The van der Waals surface area contributed by atoms with Gasteiger partial charge in [-0.1, -0.05) is 6.07 Å². The average molecular weight is 425 g/mol. The summed E-state index contributed by atoms with van der Waals surface area (Å²) in [6.45, 7) is 13.9. The van der Waals surface area contributed by atoms with Gasteiger partial charge in [-0.3, -0.25) is 4.90 Å². The Hall–Kier alpha value is -2.06. The summed E-state index contributed by atoms with van der Waals surface area (Å²) in [4.78, 5) is 23.0. The molecular formula is C23H32BN3O4. The highest BCUT2D eigenvalue weighted by molar-refractivity contribution is 6.62. The number of hydrogen-bond donors (Lipinski definition) is 1. The Morgan fingerprint density at radius 3 is 2.52 bits per heavy atom. The lowest BCUT2D eigenvalue weighted by atomic mass is 9.79. The van der Waals surface area contributed by atoms with Crippen LogP contribution in [0.1, 0.15) is 73.2 Å². The smallest absolute Gasteiger partial charge is 0.444 e. The highest BCUT2D eigenvalue weighted by atomic mass is 16.7. The number of imidazole rings is 1. The minimum absolute atomic E-state index is 0.0775. The lowest BCUT2D eigenvalue weighted by molar-refractivity contribution is 0.00578. The Morgan fingerprint density at radius 2 is 1.87 bits per heavy atom. The van der Waals surface area contributed by atoms with Crippen LogP contribution < -0.4 is 5.46 Å². The third kappa shape index (κ3) is 3.54. The molecule has 2 saturated heterocycles. The highest BCUT2D eigenvalue weighted by Gasteiger charge is 2.56. The molecule has 31 heavy (non-hydrogen) atoms. The fourth-order valence-corrected chi connectivity index (χ4v) is 4.61. The van der Waals surface area contributed by atoms with Gasteiger partial charge in [-0.2, -0.15) is 0 Å². The number of H-pyrrole nitrogens is 1. The topological polar surface area (TPSA) is 76.7 Å². The molecule has 1 amide bonds. The molecule has 1 aliphatic carbocycles. The number of benzene rings is 1. The maximum atomic E-state index is 12.9. The minimum Gasteiger partial charge on any atom is -0.444 e. The van der Waals surface area contributed by atoms with Crippen molar-refractivity contribution < 1.29 is 18.8 Å². The van der Waals surface area contributed by atoms with Gasteiger partial charge in [0.15, 0.2) is 0 Å². The number of nitrogens with zero attached hydrogens (tertiary/aromatic N) is 2. The summed E-state index contributed by atoms with van der Waals surface area (Å²) < 4.78 is 18.1. The number of hydrogen-bond acceptors (Lipinski definition) is 5. The first-order valence-electron chi connectivity index (χ1n) is 11.2.